The summed E-state index contributed by atoms with van der Waals surface area (Å²) >= 11 is 1.74. The molecule has 0 radical (unpaired) electrons. The summed E-state index contributed by atoms with van der Waals surface area (Å²) in [5, 5.41) is 1.04. The number of rotatable bonds is 4. The summed E-state index contributed by atoms with van der Waals surface area (Å²) in [6.45, 7) is 4.13. The number of hydrogen-bond donors (Lipinski definition) is 1. The molecule has 146 valence electrons. The van der Waals surface area contributed by atoms with E-state index in [1.165, 1.54) is 10.4 Å². The highest BCUT2D eigenvalue weighted by atomic mass is 32.1. The molecule has 4 rings (SSSR count). The maximum atomic E-state index is 12.5. The van der Waals surface area contributed by atoms with Crippen molar-refractivity contribution in [3.63, 3.8) is 0 Å². The predicted molar refractivity (Wildman–Crippen MR) is 113 cm³/mol. The SMILES string of the molecule is COc1cccc(-c2c(C(N)=O)c(C)nc3sc4c(c23)CCC(C)C4)c1OC. The first-order chi connectivity index (χ1) is 13.5. The second kappa shape index (κ2) is 7.09. The van der Waals surface area contributed by atoms with E-state index in [2.05, 4.69) is 6.92 Å². The number of thiophene rings is 1. The molecule has 0 aliphatic heterocycles. The normalized spacial score (nSPS) is 16.1. The van der Waals surface area contributed by atoms with Crippen molar-refractivity contribution in [3.05, 3.63) is 39.9 Å². The van der Waals surface area contributed by atoms with Gasteiger partial charge >= 0.3 is 0 Å². The molecule has 6 heteroatoms. The monoisotopic (exact) mass is 396 g/mol. The lowest BCUT2D eigenvalue weighted by molar-refractivity contribution is 0.1000. The predicted octanol–water partition coefficient (Wildman–Crippen LogP) is 4.51. The maximum Gasteiger partial charge on any atom is 0.251 e. The average Bonchev–Trinajstić information content (AvgIpc) is 3.02. The zero-order valence-corrected chi connectivity index (χ0v) is 17.4. The topological polar surface area (TPSA) is 74.4 Å². The highest BCUT2D eigenvalue weighted by molar-refractivity contribution is 7.19. The van der Waals surface area contributed by atoms with Gasteiger partial charge in [0.1, 0.15) is 4.83 Å². The second-order valence-electron chi connectivity index (χ2n) is 7.38. The second-order valence-corrected chi connectivity index (χ2v) is 8.47. The van der Waals surface area contributed by atoms with Gasteiger partial charge in [-0.15, -0.1) is 11.3 Å². The lowest BCUT2D eigenvalue weighted by Crippen LogP contribution is -2.16. The number of hydrogen-bond acceptors (Lipinski definition) is 5. The molecule has 0 fully saturated rings. The Hall–Kier alpha value is -2.60. The van der Waals surface area contributed by atoms with Crippen molar-refractivity contribution in [2.24, 2.45) is 11.7 Å². The lowest BCUT2D eigenvalue weighted by Gasteiger charge is -2.20. The number of amides is 1. The van der Waals surface area contributed by atoms with Gasteiger partial charge in [0.15, 0.2) is 11.5 Å². The number of aryl methyl sites for hydroxylation is 2. The zero-order valence-electron chi connectivity index (χ0n) is 16.6. The first-order valence-electron chi connectivity index (χ1n) is 9.42. The smallest absolute Gasteiger partial charge is 0.251 e. The van der Waals surface area contributed by atoms with Gasteiger partial charge in [-0.3, -0.25) is 4.79 Å². The summed E-state index contributed by atoms with van der Waals surface area (Å²) in [6, 6.07) is 5.71. The highest BCUT2D eigenvalue weighted by Crippen LogP contribution is 2.47. The summed E-state index contributed by atoms with van der Waals surface area (Å²) in [4.78, 5) is 19.6. The van der Waals surface area contributed by atoms with Gasteiger partial charge in [-0.1, -0.05) is 19.1 Å². The van der Waals surface area contributed by atoms with Crippen molar-refractivity contribution in [2.75, 3.05) is 14.2 Å². The van der Waals surface area contributed by atoms with Crippen molar-refractivity contribution >= 4 is 27.5 Å². The van der Waals surface area contributed by atoms with Crippen molar-refractivity contribution in [2.45, 2.75) is 33.1 Å². The third-order valence-electron chi connectivity index (χ3n) is 5.54. The molecule has 0 spiro atoms. The van der Waals surface area contributed by atoms with Crippen LogP contribution in [-0.4, -0.2) is 25.1 Å². The fourth-order valence-corrected chi connectivity index (χ4v) is 5.68. The first kappa shape index (κ1) is 18.7. The molecule has 3 aromatic rings. The van der Waals surface area contributed by atoms with Gasteiger partial charge < -0.3 is 15.2 Å². The zero-order chi connectivity index (χ0) is 20.0. The van der Waals surface area contributed by atoms with Gasteiger partial charge in [0, 0.05) is 21.4 Å². The summed E-state index contributed by atoms with van der Waals surface area (Å²) in [6.07, 6.45) is 3.17. The van der Waals surface area contributed by atoms with Crippen molar-refractivity contribution < 1.29 is 14.3 Å². The van der Waals surface area contributed by atoms with Crippen LogP contribution in [0.15, 0.2) is 18.2 Å². The first-order valence-corrected chi connectivity index (χ1v) is 10.2. The number of methoxy groups -OCH3 is 2. The van der Waals surface area contributed by atoms with Crippen molar-refractivity contribution in [3.8, 4) is 22.6 Å². The molecule has 1 aromatic carbocycles. The Bertz CT molecular complexity index is 1090. The number of carbonyl (C=O) groups excluding carboxylic acids is 1. The molecular formula is C22H24N2O3S. The molecule has 28 heavy (non-hydrogen) atoms. The van der Waals surface area contributed by atoms with Crippen LogP contribution in [-0.2, 0) is 12.8 Å². The van der Waals surface area contributed by atoms with Crippen LogP contribution in [0, 0.1) is 12.8 Å². The Labute approximate surface area is 168 Å². The van der Waals surface area contributed by atoms with Crippen LogP contribution < -0.4 is 15.2 Å². The van der Waals surface area contributed by atoms with E-state index in [-0.39, 0.29) is 0 Å². The van der Waals surface area contributed by atoms with Gasteiger partial charge in [0.2, 0.25) is 0 Å². The van der Waals surface area contributed by atoms with Crippen LogP contribution in [0.4, 0.5) is 0 Å². The molecule has 2 heterocycles. The van der Waals surface area contributed by atoms with Gasteiger partial charge in [0.05, 0.1) is 25.5 Å². The molecule has 0 saturated heterocycles. The van der Waals surface area contributed by atoms with Crippen LogP contribution in [0.25, 0.3) is 21.3 Å². The van der Waals surface area contributed by atoms with Crippen molar-refractivity contribution in [1.29, 1.82) is 0 Å². The summed E-state index contributed by atoms with van der Waals surface area (Å²) in [7, 11) is 3.22. The minimum absolute atomic E-state index is 0.457. The largest absolute Gasteiger partial charge is 0.493 e. The number of fused-ring (bicyclic) bond motifs is 3. The van der Waals surface area contributed by atoms with Crippen LogP contribution in [0.5, 0.6) is 11.5 Å². The number of aromatic nitrogens is 1. The fourth-order valence-electron chi connectivity index (χ4n) is 4.24. The Kier molecular flexibility index (Phi) is 4.75. The van der Waals surface area contributed by atoms with Crippen LogP contribution in [0.1, 0.15) is 39.8 Å². The van der Waals surface area contributed by atoms with E-state index in [9.17, 15) is 4.79 Å². The van der Waals surface area contributed by atoms with Crippen LogP contribution in [0.3, 0.4) is 0 Å². The lowest BCUT2D eigenvalue weighted by atomic mass is 9.86. The minimum Gasteiger partial charge on any atom is -0.493 e. The van der Waals surface area contributed by atoms with E-state index in [0.717, 1.165) is 40.6 Å². The number of para-hydroxylation sites is 1. The molecule has 1 amide bonds. The molecule has 1 unspecified atom stereocenters. The Morgan fingerprint density at radius 2 is 2.07 bits per heavy atom. The molecule has 1 aliphatic rings. The molecule has 5 nitrogen and oxygen atoms in total. The minimum atomic E-state index is -0.476. The maximum absolute atomic E-state index is 12.5. The number of nitrogens with two attached hydrogens (primary N) is 1. The summed E-state index contributed by atoms with van der Waals surface area (Å²) < 4.78 is 11.2. The van der Waals surface area contributed by atoms with Gasteiger partial charge in [-0.2, -0.15) is 0 Å². The Morgan fingerprint density at radius 1 is 1.29 bits per heavy atom. The highest BCUT2D eigenvalue weighted by Gasteiger charge is 2.28. The quantitative estimate of drug-likeness (QED) is 0.704. The molecule has 1 atom stereocenters. The number of primary amides is 1. The number of carbonyl (C=O) groups is 1. The van der Waals surface area contributed by atoms with Gasteiger partial charge in [-0.05, 0) is 43.7 Å². The van der Waals surface area contributed by atoms with Crippen molar-refractivity contribution in [1.82, 2.24) is 4.98 Å². The Morgan fingerprint density at radius 3 is 2.75 bits per heavy atom. The molecule has 2 N–H and O–H groups in total. The van der Waals surface area contributed by atoms with E-state index < -0.39 is 5.91 Å². The molecular weight excluding hydrogens is 372 g/mol. The third kappa shape index (κ3) is 2.83. The molecule has 0 bridgehead atoms. The van der Waals surface area contributed by atoms with Gasteiger partial charge in [-0.25, -0.2) is 4.98 Å². The van der Waals surface area contributed by atoms with E-state index in [1.54, 1.807) is 25.6 Å². The fraction of sp³-hybridized carbons (Fsp3) is 0.364. The van der Waals surface area contributed by atoms with Crippen LogP contribution >= 0.6 is 11.3 Å². The van der Waals surface area contributed by atoms with E-state index in [0.29, 0.717) is 28.7 Å². The standard InChI is InChI=1S/C22H24N2O3S/c1-11-8-9-13-16(10-11)28-22-19(13)18(17(21(23)25)12(2)24-22)14-6-5-7-15(26-3)20(14)27-4/h5-7,11H,8-10H2,1-4H3,(H2,23,25). The molecule has 2 aromatic heterocycles. The third-order valence-corrected chi connectivity index (χ3v) is 6.69. The van der Waals surface area contributed by atoms with Crippen LogP contribution in [0.2, 0.25) is 0 Å². The van der Waals surface area contributed by atoms with E-state index in [4.69, 9.17) is 20.2 Å². The number of benzene rings is 1. The Balaban J connectivity index is 2.15. The number of nitrogens with zero attached hydrogens (tertiary/aromatic N) is 1. The molecule has 0 saturated carbocycles. The summed E-state index contributed by atoms with van der Waals surface area (Å²) in [5.74, 6) is 1.40. The summed E-state index contributed by atoms with van der Waals surface area (Å²) in [5.41, 5.74) is 9.85. The van der Waals surface area contributed by atoms with Gasteiger partial charge in [0.25, 0.3) is 5.91 Å². The van der Waals surface area contributed by atoms with E-state index in [1.807, 2.05) is 25.1 Å². The number of pyridine rings is 1. The number of ether oxygens (including phenoxy) is 2. The average molecular weight is 397 g/mol. The molecule has 1 aliphatic carbocycles. The van der Waals surface area contributed by atoms with E-state index >= 15 is 0 Å².